The number of benzene rings is 1. The largest absolute Gasteiger partial charge is 0.350 e. The van der Waals surface area contributed by atoms with E-state index in [0.717, 1.165) is 11.5 Å². The summed E-state index contributed by atoms with van der Waals surface area (Å²) in [7, 11) is 0. The molecule has 122 valence electrons. The Kier molecular flexibility index (Phi) is 5.33. The van der Waals surface area contributed by atoms with Gasteiger partial charge in [-0.3, -0.25) is 14.5 Å². The number of halogens is 1. The number of nitrogens with zero attached hydrogens (tertiary/aromatic N) is 3. The molecule has 1 heterocycles. The summed E-state index contributed by atoms with van der Waals surface area (Å²) in [5.41, 5.74) is 0.388. The smallest absolute Gasteiger partial charge is 0.280 e. The van der Waals surface area contributed by atoms with Gasteiger partial charge in [0.25, 0.3) is 5.91 Å². The Hall–Kier alpha value is -1.99. The molecule has 2 aromatic rings. The zero-order chi connectivity index (χ0) is 17.0. The van der Waals surface area contributed by atoms with Crippen molar-refractivity contribution in [1.82, 2.24) is 14.9 Å². The summed E-state index contributed by atoms with van der Waals surface area (Å²) in [6.45, 7) is 5.52. The van der Waals surface area contributed by atoms with Crippen LogP contribution in [0.1, 0.15) is 31.3 Å². The molecule has 0 aliphatic carbocycles. The van der Waals surface area contributed by atoms with Crippen LogP contribution in [0.15, 0.2) is 29.6 Å². The Bertz CT molecular complexity index is 681. The fraction of sp³-hybridized carbons (Fsp3) is 0.333. The van der Waals surface area contributed by atoms with Gasteiger partial charge >= 0.3 is 0 Å². The van der Waals surface area contributed by atoms with E-state index in [9.17, 15) is 9.59 Å². The van der Waals surface area contributed by atoms with E-state index in [1.54, 1.807) is 29.6 Å². The van der Waals surface area contributed by atoms with Crippen LogP contribution >= 0.6 is 23.1 Å². The molecule has 0 atom stereocenters. The first-order valence-corrected chi connectivity index (χ1v) is 8.13. The van der Waals surface area contributed by atoms with Crippen LogP contribution < -0.4 is 10.2 Å². The number of hydrogen-bond acceptors (Lipinski definition) is 5. The molecule has 2 rings (SSSR count). The van der Waals surface area contributed by atoms with Gasteiger partial charge in [0.2, 0.25) is 5.91 Å². The predicted octanol–water partition coefficient (Wildman–Crippen LogP) is 2.75. The molecular formula is C15H17ClN4O2S. The van der Waals surface area contributed by atoms with Crippen molar-refractivity contribution in [2.45, 2.75) is 26.3 Å². The lowest BCUT2D eigenvalue weighted by Gasteiger charge is -2.25. The molecule has 1 N–H and O–H groups in total. The zero-order valence-electron chi connectivity index (χ0n) is 13.0. The van der Waals surface area contributed by atoms with E-state index in [0.29, 0.717) is 10.7 Å². The first-order valence-electron chi connectivity index (χ1n) is 6.92. The number of carbonyl (C=O) groups is 2. The molecule has 0 fully saturated rings. The van der Waals surface area contributed by atoms with Gasteiger partial charge in [-0.05, 0) is 56.6 Å². The minimum atomic E-state index is -0.384. The van der Waals surface area contributed by atoms with E-state index in [1.165, 1.54) is 4.90 Å². The molecule has 8 heteroatoms. The maximum Gasteiger partial charge on any atom is 0.280 e. The van der Waals surface area contributed by atoms with Gasteiger partial charge in [0.1, 0.15) is 6.54 Å². The van der Waals surface area contributed by atoms with Crippen molar-refractivity contribution in [1.29, 1.82) is 0 Å². The monoisotopic (exact) mass is 352 g/mol. The van der Waals surface area contributed by atoms with Gasteiger partial charge in [-0.1, -0.05) is 16.1 Å². The molecule has 0 saturated heterocycles. The summed E-state index contributed by atoms with van der Waals surface area (Å²) in [6, 6.07) is 6.70. The molecule has 0 aliphatic heterocycles. The molecule has 2 amide bonds. The molecule has 0 spiro atoms. The van der Waals surface area contributed by atoms with Crippen molar-refractivity contribution in [3.8, 4) is 0 Å². The van der Waals surface area contributed by atoms with E-state index in [1.807, 2.05) is 20.8 Å². The molecule has 23 heavy (non-hydrogen) atoms. The summed E-state index contributed by atoms with van der Waals surface area (Å²) in [5, 5.41) is 8.72. The highest BCUT2D eigenvalue weighted by molar-refractivity contribution is 7.03. The molecule has 6 nitrogen and oxygen atoms in total. The van der Waals surface area contributed by atoms with Crippen molar-refractivity contribution in [2.24, 2.45) is 0 Å². The highest BCUT2D eigenvalue weighted by Crippen LogP contribution is 2.20. The minimum absolute atomic E-state index is 0.116. The standard InChI is InChI=1S/C15H17ClN4O2S/c1-15(2,3)17-13(21)8-20(11-6-4-10(16)5-7-11)14(22)12-9-23-19-18-12/h4-7,9H,8H2,1-3H3,(H,17,21). The molecule has 1 aromatic carbocycles. The maximum atomic E-state index is 12.6. The summed E-state index contributed by atoms with van der Waals surface area (Å²) < 4.78 is 3.69. The predicted molar refractivity (Wildman–Crippen MR) is 90.9 cm³/mol. The summed E-state index contributed by atoms with van der Waals surface area (Å²) >= 11 is 6.97. The van der Waals surface area contributed by atoms with Crippen LogP contribution in [-0.2, 0) is 4.79 Å². The first kappa shape index (κ1) is 17.4. The number of rotatable bonds is 4. The van der Waals surface area contributed by atoms with E-state index >= 15 is 0 Å². The summed E-state index contributed by atoms with van der Waals surface area (Å²) in [5.74, 6) is -0.644. The van der Waals surface area contributed by atoms with Crippen molar-refractivity contribution >= 4 is 40.6 Å². The van der Waals surface area contributed by atoms with Crippen molar-refractivity contribution in [2.75, 3.05) is 11.4 Å². The summed E-state index contributed by atoms with van der Waals surface area (Å²) in [6.07, 6.45) is 0. The second kappa shape index (κ2) is 7.06. The topological polar surface area (TPSA) is 75.2 Å². The van der Waals surface area contributed by atoms with Crippen LogP contribution in [0.4, 0.5) is 5.69 Å². The van der Waals surface area contributed by atoms with E-state index < -0.39 is 0 Å². The highest BCUT2D eigenvalue weighted by atomic mass is 35.5. The molecule has 1 aromatic heterocycles. The van der Waals surface area contributed by atoms with Gasteiger partial charge in [-0.15, -0.1) is 5.10 Å². The third-order valence-electron chi connectivity index (χ3n) is 2.78. The van der Waals surface area contributed by atoms with Gasteiger partial charge in [0, 0.05) is 21.6 Å². The number of hydrogen-bond donors (Lipinski definition) is 1. The fourth-order valence-corrected chi connectivity index (χ4v) is 2.45. The average Bonchev–Trinajstić information content (AvgIpc) is 2.97. The quantitative estimate of drug-likeness (QED) is 0.918. The molecule has 0 unspecified atom stereocenters. The van der Waals surface area contributed by atoms with Crippen LogP contribution in [0.5, 0.6) is 0 Å². The van der Waals surface area contributed by atoms with Crippen LogP contribution in [0.2, 0.25) is 5.02 Å². The van der Waals surface area contributed by atoms with Crippen molar-refractivity contribution < 1.29 is 9.59 Å². The van der Waals surface area contributed by atoms with Crippen LogP contribution in [0.25, 0.3) is 0 Å². The van der Waals surface area contributed by atoms with Gasteiger partial charge in [0.15, 0.2) is 5.69 Å². The second-order valence-electron chi connectivity index (χ2n) is 5.96. The Labute approximate surface area is 143 Å². The Morgan fingerprint density at radius 1 is 1.26 bits per heavy atom. The molecule has 0 radical (unpaired) electrons. The second-order valence-corrected chi connectivity index (χ2v) is 7.00. The maximum absolute atomic E-state index is 12.6. The highest BCUT2D eigenvalue weighted by Gasteiger charge is 2.24. The van der Waals surface area contributed by atoms with Crippen molar-refractivity contribution in [3.05, 3.63) is 40.4 Å². The zero-order valence-corrected chi connectivity index (χ0v) is 14.6. The number of amides is 2. The Morgan fingerprint density at radius 2 is 1.91 bits per heavy atom. The Balaban J connectivity index is 2.26. The SMILES string of the molecule is CC(C)(C)NC(=O)CN(C(=O)c1csnn1)c1ccc(Cl)cc1. The van der Waals surface area contributed by atoms with Gasteiger partial charge in [-0.25, -0.2) is 0 Å². The van der Waals surface area contributed by atoms with Crippen molar-refractivity contribution in [3.63, 3.8) is 0 Å². The van der Waals surface area contributed by atoms with E-state index in [-0.39, 0.29) is 29.6 Å². The third kappa shape index (κ3) is 5.01. The lowest BCUT2D eigenvalue weighted by molar-refractivity contribution is -0.121. The molecule has 0 saturated carbocycles. The lowest BCUT2D eigenvalue weighted by atomic mass is 10.1. The summed E-state index contributed by atoms with van der Waals surface area (Å²) in [4.78, 5) is 26.2. The van der Waals surface area contributed by atoms with Crippen LogP contribution in [0.3, 0.4) is 0 Å². The Morgan fingerprint density at radius 3 is 2.43 bits per heavy atom. The molecule has 0 bridgehead atoms. The molecular weight excluding hydrogens is 336 g/mol. The lowest BCUT2D eigenvalue weighted by Crippen LogP contribution is -2.47. The van der Waals surface area contributed by atoms with Crippen LogP contribution in [-0.4, -0.2) is 33.5 Å². The van der Waals surface area contributed by atoms with Gasteiger partial charge in [0.05, 0.1) is 0 Å². The average molecular weight is 353 g/mol. The molecule has 0 aliphatic rings. The van der Waals surface area contributed by atoms with E-state index in [4.69, 9.17) is 11.6 Å². The normalized spacial score (nSPS) is 11.1. The first-order chi connectivity index (χ1) is 10.8. The number of anilines is 1. The minimum Gasteiger partial charge on any atom is -0.350 e. The fourth-order valence-electron chi connectivity index (χ4n) is 1.90. The van der Waals surface area contributed by atoms with Gasteiger partial charge < -0.3 is 5.32 Å². The van der Waals surface area contributed by atoms with Crippen LogP contribution in [0, 0.1) is 0 Å². The number of aromatic nitrogens is 2. The van der Waals surface area contributed by atoms with E-state index in [2.05, 4.69) is 14.9 Å². The number of carbonyl (C=O) groups excluding carboxylic acids is 2. The van der Waals surface area contributed by atoms with Gasteiger partial charge in [-0.2, -0.15) is 0 Å². The number of nitrogens with one attached hydrogen (secondary N) is 1. The third-order valence-corrected chi connectivity index (χ3v) is 3.54.